The number of rotatable bonds is 19. The van der Waals surface area contributed by atoms with Crippen molar-refractivity contribution in [3.8, 4) is 22.9 Å². The molecule has 3 heterocycles. The summed E-state index contributed by atoms with van der Waals surface area (Å²) in [5.41, 5.74) is 2.38. The highest BCUT2D eigenvalue weighted by molar-refractivity contribution is 7.16. The highest BCUT2D eigenvalue weighted by atomic mass is 32.1. The first kappa shape index (κ1) is 34.7. The number of thiophene rings is 1. The number of methoxy groups -OCH3 is 2. The van der Waals surface area contributed by atoms with Crippen LogP contribution in [-0.2, 0) is 5.41 Å². The van der Waals surface area contributed by atoms with Crippen molar-refractivity contribution >= 4 is 28.1 Å². The van der Waals surface area contributed by atoms with Crippen molar-refractivity contribution in [2.45, 2.75) is 117 Å². The van der Waals surface area contributed by atoms with E-state index in [4.69, 9.17) is 14.6 Å². The molecule has 0 saturated heterocycles. The number of anilines is 1. The Labute approximate surface area is 275 Å². The van der Waals surface area contributed by atoms with Gasteiger partial charge in [0.15, 0.2) is 11.5 Å². The lowest BCUT2D eigenvalue weighted by atomic mass is 9.91. The van der Waals surface area contributed by atoms with E-state index in [1.54, 1.807) is 14.2 Å². The lowest BCUT2D eigenvalue weighted by molar-refractivity contribution is 0.404. The van der Waals surface area contributed by atoms with Gasteiger partial charge in [0.2, 0.25) is 0 Å². The second-order valence-electron chi connectivity index (χ2n) is 13.2. The zero-order valence-electron chi connectivity index (χ0n) is 28.8. The number of fused-ring (bicyclic) bond motifs is 1. The van der Waals surface area contributed by atoms with Gasteiger partial charge in [-0.1, -0.05) is 98.8 Å². The second kappa shape index (κ2) is 17.0. The molecule has 0 bridgehead atoms. The average Bonchev–Trinajstić information content (AvgIpc) is 3.76. The molecule has 246 valence electrons. The van der Waals surface area contributed by atoms with E-state index in [9.17, 15) is 0 Å². The van der Waals surface area contributed by atoms with Crippen molar-refractivity contribution in [2.75, 3.05) is 32.2 Å². The fourth-order valence-electron chi connectivity index (χ4n) is 5.88. The van der Waals surface area contributed by atoms with Crippen LogP contribution < -0.4 is 19.6 Å². The Morgan fingerprint density at radius 2 is 1.44 bits per heavy atom. The van der Waals surface area contributed by atoms with E-state index in [2.05, 4.69) is 67.9 Å². The van der Waals surface area contributed by atoms with Crippen molar-refractivity contribution in [1.82, 2.24) is 19.8 Å². The minimum atomic E-state index is -0.177. The SMILES string of the molecule is CCCCCCCCN(CCCCCCCC)c1ccc(C=c2c(C(C)(C)C)nn3c(-c4cc(OC)ccc4OC)nnc23)s1. The van der Waals surface area contributed by atoms with Crippen molar-refractivity contribution < 1.29 is 9.47 Å². The number of hydrogen-bond acceptors (Lipinski definition) is 7. The number of nitrogens with zero attached hydrogens (tertiary/aromatic N) is 5. The van der Waals surface area contributed by atoms with Crippen molar-refractivity contribution in [3.63, 3.8) is 0 Å². The molecule has 3 aromatic heterocycles. The van der Waals surface area contributed by atoms with Gasteiger partial charge in [-0.05, 0) is 49.2 Å². The normalized spacial score (nSPS) is 12.4. The van der Waals surface area contributed by atoms with Crippen LogP contribution in [0.5, 0.6) is 11.5 Å². The number of hydrogen-bond donors (Lipinski definition) is 0. The predicted molar refractivity (Wildman–Crippen MR) is 190 cm³/mol. The summed E-state index contributed by atoms with van der Waals surface area (Å²) in [6.45, 7) is 13.4. The Bertz CT molecular complexity index is 1500. The third-order valence-electron chi connectivity index (χ3n) is 8.47. The number of benzene rings is 1. The Morgan fingerprint density at radius 3 is 2.04 bits per heavy atom. The van der Waals surface area contributed by atoms with Gasteiger partial charge >= 0.3 is 0 Å². The van der Waals surface area contributed by atoms with Crippen LogP contribution in [0.25, 0.3) is 23.1 Å². The third kappa shape index (κ3) is 9.21. The van der Waals surface area contributed by atoms with Gasteiger partial charge in [-0.3, -0.25) is 0 Å². The summed E-state index contributed by atoms with van der Waals surface area (Å²) in [5.74, 6) is 2.07. The lowest BCUT2D eigenvalue weighted by Gasteiger charge is -2.23. The highest BCUT2D eigenvalue weighted by Gasteiger charge is 2.25. The zero-order chi connectivity index (χ0) is 32.2. The number of ether oxygens (including phenoxy) is 2. The Balaban J connectivity index is 1.64. The summed E-state index contributed by atoms with van der Waals surface area (Å²) < 4.78 is 13.0. The molecule has 4 rings (SSSR count). The molecule has 0 saturated carbocycles. The lowest BCUT2D eigenvalue weighted by Crippen LogP contribution is -2.24. The summed E-state index contributed by atoms with van der Waals surface area (Å²) in [7, 11) is 3.33. The molecule has 0 aliphatic rings. The molecule has 0 atom stereocenters. The Morgan fingerprint density at radius 1 is 0.800 bits per heavy atom. The fourth-order valence-corrected chi connectivity index (χ4v) is 6.88. The monoisotopic (exact) mass is 633 g/mol. The van der Waals surface area contributed by atoms with E-state index in [-0.39, 0.29) is 5.41 Å². The molecule has 0 fully saturated rings. The van der Waals surface area contributed by atoms with Crippen molar-refractivity contribution in [1.29, 1.82) is 0 Å². The van der Waals surface area contributed by atoms with Crippen LogP contribution in [0, 0.1) is 0 Å². The fraction of sp³-hybridized carbons (Fsp3) is 0.595. The first-order chi connectivity index (χ1) is 21.8. The highest BCUT2D eigenvalue weighted by Crippen LogP contribution is 2.33. The minimum Gasteiger partial charge on any atom is -0.497 e. The summed E-state index contributed by atoms with van der Waals surface area (Å²) in [5, 5.41) is 16.7. The minimum absolute atomic E-state index is 0.177. The Hall–Kier alpha value is -3.13. The molecule has 0 aliphatic carbocycles. The third-order valence-corrected chi connectivity index (χ3v) is 9.56. The van der Waals surface area contributed by atoms with Crippen LogP contribution >= 0.6 is 11.3 Å². The maximum Gasteiger partial charge on any atom is 0.189 e. The average molecular weight is 634 g/mol. The molecule has 0 N–H and O–H groups in total. The molecule has 7 nitrogen and oxygen atoms in total. The molecule has 4 aromatic rings. The number of aromatic nitrogens is 4. The van der Waals surface area contributed by atoms with E-state index in [1.165, 1.54) is 86.9 Å². The van der Waals surface area contributed by atoms with Gasteiger partial charge in [0.1, 0.15) is 11.5 Å². The summed E-state index contributed by atoms with van der Waals surface area (Å²) in [6, 6.07) is 10.3. The van der Waals surface area contributed by atoms with E-state index in [0.717, 1.165) is 41.0 Å². The van der Waals surface area contributed by atoms with Gasteiger partial charge in [-0.25, -0.2) is 0 Å². The van der Waals surface area contributed by atoms with Gasteiger partial charge in [-0.2, -0.15) is 9.61 Å². The quantitative estimate of drug-likeness (QED) is 0.0959. The van der Waals surface area contributed by atoms with E-state index < -0.39 is 0 Å². The molecule has 45 heavy (non-hydrogen) atoms. The molecule has 1 aromatic carbocycles. The van der Waals surface area contributed by atoms with Gasteiger partial charge in [0.05, 0.1) is 30.5 Å². The van der Waals surface area contributed by atoms with Crippen molar-refractivity contribution in [2.24, 2.45) is 0 Å². The molecule has 8 heteroatoms. The molecule has 0 amide bonds. The summed E-state index contributed by atoms with van der Waals surface area (Å²) in [6.07, 6.45) is 18.1. The smallest absolute Gasteiger partial charge is 0.189 e. The van der Waals surface area contributed by atoms with Gasteiger partial charge in [0, 0.05) is 28.6 Å². The first-order valence-electron chi connectivity index (χ1n) is 17.1. The van der Waals surface area contributed by atoms with E-state index in [0.29, 0.717) is 11.6 Å². The van der Waals surface area contributed by atoms with Gasteiger partial charge < -0.3 is 14.4 Å². The van der Waals surface area contributed by atoms with Crippen LogP contribution in [-0.4, -0.2) is 47.1 Å². The van der Waals surface area contributed by atoms with Crippen LogP contribution in [0.4, 0.5) is 5.00 Å². The van der Waals surface area contributed by atoms with Gasteiger partial charge in [0.25, 0.3) is 0 Å². The largest absolute Gasteiger partial charge is 0.497 e. The first-order valence-corrected chi connectivity index (χ1v) is 18.0. The van der Waals surface area contributed by atoms with Crippen LogP contribution in [0.3, 0.4) is 0 Å². The predicted octanol–water partition coefficient (Wildman–Crippen LogP) is 9.24. The molecule has 0 aliphatic heterocycles. The second-order valence-corrected chi connectivity index (χ2v) is 14.3. The van der Waals surface area contributed by atoms with E-state index in [1.807, 2.05) is 34.1 Å². The van der Waals surface area contributed by atoms with Crippen LogP contribution in [0.15, 0.2) is 30.3 Å². The van der Waals surface area contributed by atoms with Crippen molar-refractivity contribution in [3.05, 3.63) is 46.1 Å². The standard InChI is InChI=1S/C37H55N5O2S/c1-8-10-12-14-16-18-24-41(25-19-17-15-13-11-9-2)33-23-21-29(45-33)27-31-34(37(3,4)5)40-42-35(38-39-36(31)42)30-26-28(43-6)20-22-32(30)44-7/h20-23,26-27H,8-19,24-25H2,1-7H3. The number of unbranched alkanes of at least 4 members (excludes halogenated alkanes) is 10. The van der Waals surface area contributed by atoms with Crippen LogP contribution in [0.1, 0.15) is 122 Å². The maximum absolute atomic E-state index is 5.67. The van der Waals surface area contributed by atoms with Gasteiger partial charge in [-0.15, -0.1) is 21.5 Å². The summed E-state index contributed by atoms with van der Waals surface area (Å²) >= 11 is 1.87. The Kier molecular flexibility index (Phi) is 13.1. The molecule has 0 spiro atoms. The topological polar surface area (TPSA) is 64.8 Å². The zero-order valence-corrected chi connectivity index (χ0v) is 29.6. The molecule has 0 radical (unpaired) electrons. The molecular weight excluding hydrogens is 579 g/mol. The molecule has 0 unspecified atom stereocenters. The van der Waals surface area contributed by atoms with E-state index >= 15 is 0 Å². The molecular formula is C37H55N5O2S. The van der Waals surface area contributed by atoms with Crippen LogP contribution in [0.2, 0.25) is 0 Å². The maximum atomic E-state index is 5.67. The summed E-state index contributed by atoms with van der Waals surface area (Å²) in [4.78, 5) is 3.85.